The Bertz CT molecular complexity index is 871. The number of nitrogens with zero attached hydrogens (tertiary/aromatic N) is 2. The number of hydrogen-bond donors (Lipinski definition) is 0. The van der Waals surface area contributed by atoms with E-state index in [0.717, 1.165) is 23.5 Å². The van der Waals surface area contributed by atoms with Crippen molar-refractivity contribution >= 4 is 11.8 Å². The second-order valence-corrected chi connectivity index (χ2v) is 7.16. The minimum atomic E-state index is -0.114. The molecule has 3 heterocycles. The van der Waals surface area contributed by atoms with Gasteiger partial charge in [0.25, 0.3) is 5.91 Å². The van der Waals surface area contributed by atoms with Crippen LogP contribution in [0.2, 0.25) is 0 Å². The summed E-state index contributed by atoms with van der Waals surface area (Å²) in [6.45, 7) is 2.46. The highest BCUT2D eigenvalue weighted by atomic mass is 16.7. The number of amides is 2. The van der Waals surface area contributed by atoms with E-state index in [1.165, 1.54) is 6.26 Å². The van der Waals surface area contributed by atoms with E-state index < -0.39 is 0 Å². The Morgan fingerprint density at radius 1 is 0.963 bits per heavy atom. The number of ether oxygens (including phenoxy) is 2. The van der Waals surface area contributed by atoms with Crippen molar-refractivity contribution in [3.8, 4) is 11.5 Å². The Labute approximate surface area is 156 Å². The highest BCUT2D eigenvalue weighted by Gasteiger charge is 2.46. The molecule has 2 amide bonds. The van der Waals surface area contributed by atoms with Crippen LogP contribution in [0.5, 0.6) is 11.5 Å². The van der Waals surface area contributed by atoms with Gasteiger partial charge in [-0.1, -0.05) is 6.07 Å². The molecule has 3 aliphatic rings. The molecule has 7 heteroatoms. The molecule has 2 atom stereocenters. The maximum atomic E-state index is 12.8. The van der Waals surface area contributed by atoms with Crippen molar-refractivity contribution in [2.75, 3.05) is 33.0 Å². The first-order valence-electron chi connectivity index (χ1n) is 9.22. The third-order valence-electron chi connectivity index (χ3n) is 5.54. The van der Waals surface area contributed by atoms with Crippen LogP contribution in [-0.4, -0.2) is 54.6 Å². The maximum absolute atomic E-state index is 12.8. The van der Waals surface area contributed by atoms with Gasteiger partial charge in [0.1, 0.15) is 0 Å². The Hall–Kier alpha value is -2.96. The summed E-state index contributed by atoms with van der Waals surface area (Å²) >= 11 is 0. The van der Waals surface area contributed by atoms with Crippen LogP contribution in [0.15, 0.2) is 41.0 Å². The quantitative estimate of drug-likeness (QED) is 0.830. The number of piperazine rings is 1. The first kappa shape index (κ1) is 16.2. The topological polar surface area (TPSA) is 72.2 Å². The third kappa shape index (κ3) is 2.93. The molecule has 0 spiro atoms. The molecule has 2 aromatic rings. The van der Waals surface area contributed by atoms with Gasteiger partial charge in [0.2, 0.25) is 12.7 Å². The molecule has 0 unspecified atom stereocenters. The fourth-order valence-corrected chi connectivity index (χ4v) is 3.90. The normalized spacial score (nSPS) is 23.4. The zero-order valence-electron chi connectivity index (χ0n) is 14.8. The summed E-state index contributed by atoms with van der Waals surface area (Å²) in [6, 6.07) is 9.29. The highest BCUT2D eigenvalue weighted by molar-refractivity contribution is 5.91. The zero-order chi connectivity index (χ0) is 18.4. The minimum absolute atomic E-state index is 0.0256. The number of carbonyl (C=O) groups excluding carboxylic acids is 2. The molecule has 0 N–H and O–H groups in total. The SMILES string of the molecule is O=C(c1ccco1)N1CCN(C(=O)[C@H]2C[C@@H]2c2ccc3c(c2)OCO3)CC1. The Morgan fingerprint density at radius 3 is 2.52 bits per heavy atom. The van der Waals surface area contributed by atoms with Gasteiger partial charge in [0.05, 0.1) is 6.26 Å². The van der Waals surface area contributed by atoms with Gasteiger partial charge < -0.3 is 23.7 Å². The Balaban J connectivity index is 1.18. The lowest BCUT2D eigenvalue weighted by Crippen LogP contribution is -2.51. The zero-order valence-corrected chi connectivity index (χ0v) is 14.8. The number of benzene rings is 1. The molecule has 1 aromatic carbocycles. The van der Waals surface area contributed by atoms with E-state index in [4.69, 9.17) is 13.9 Å². The molecular weight excluding hydrogens is 348 g/mol. The predicted octanol–water partition coefficient (Wildman–Crippen LogP) is 2.10. The largest absolute Gasteiger partial charge is 0.459 e. The smallest absolute Gasteiger partial charge is 0.289 e. The van der Waals surface area contributed by atoms with Gasteiger partial charge in [-0.15, -0.1) is 0 Å². The summed E-state index contributed by atoms with van der Waals surface area (Å²) in [7, 11) is 0. The standard InChI is InChI=1S/C20H20N2O5/c23-19(15-11-14(15)13-3-4-16-18(10-13)27-12-26-16)21-5-7-22(8-6-21)20(24)17-2-1-9-25-17/h1-4,9-10,14-15H,5-8,11-12H2/t14-,15+/m1/s1. The fraction of sp³-hybridized carbons (Fsp3) is 0.400. The van der Waals surface area contributed by atoms with Gasteiger partial charge in [0, 0.05) is 32.1 Å². The van der Waals surface area contributed by atoms with E-state index in [0.29, 0.717) is 31.9 Å². The average molecular weight is 368 g/mol. The van der Waals surface area contributed by atoms with E-state index in [1.54, 1.807) is 17.0 Å². The lowest BCUT2D eigenvalue weighted by Gasteiger charge is -2.34. The van der Waals surface area contributed by atoms with Crippen LogP contribution in [-0.2, 0) is 4.79 Å². The van der Waals surface area contributed by atoms with Crippen molar-refractivity contribution in [3.63, 3.8) is 0 Å². The molecule has 1 saturated carbocycles. The molecule has 1 aromatic heterocycles. The molecule has 2 fully saturated rings. The molecule has 140 valence electrons. The van der Waals surface area contributed by atoms with Crippen LogP contribution in [0, 0.1) is 5.92 Å². The summed E-state index contributed by atoms with van der Waals surface area (Å²) in [5.74, 6) is 2.21. The van der Waals surface area contributed by atoms with Crippen molar-refractivity contribution in [3.05, 3.63) is 47.9 Å². The Kier molecular flexibility index (Phi) is 3.81. The number of fused-ring (bicyclic) bond motifs is 1. The first-order valence-corrected chi connectivity index (χ1v) is 9.22. The van der Waals surface area contributed by atoms with Crippen LogP contribution in [0.25, 0.3) is 0 Å². The lowest BCUT2D eigenvalue weighted by molar-refractivity contribution is -0.134. The van der Waals surface area contributed by atoms with E-state index >= 15 is 0 Å². The number of carbonyl (C=O) groups is 2. The monoisotopic (exact) mass is 368 g/mol. The lowest BCUT2D eigenvalue weighted by atomic mass is 10.1. The van der Waals surface area contributed by atoms with E-state index in [-0.39, 0.29) is 30.4 Å². The van der Waals surface area contributed by atoms with Crippen LogP contribution < -0.4 is 9.47 Å². The van der Waals surface area contributed by atoms with Crippen molar-refractivity contribution in [2.45, 2.75) is 12.3 Å². The molecule has 7 nitrogen and oxygen atoms in total. The van der Waals surface area contributed by atoms with E-state index in [1.807, 2.05) is 23.1 Å². The third-order valence-corrected chi connectivity index (χ3v) is 5.54. The van der Waals surface area contributed by atoms with Gasteiger partial charge in [-0.3, -0.25) is 9.59 Å². The summed E-state index contributed by atoms with van der Waals surface area (Å²) in [4.78, 5) is 28.8. The van der Waals surface area contributed by atoms with Crippen LogP contribution in [0.3, 0.4) is 0 Å². The van der Waals surface area contributed by atoms with Gasteiger partial charge in [-0.2, -0.15) is 0 Å². The molecule has 2 aliphatic heterocycles. The molecule has 1 saturated heterocycles. The van der Waals surface area contributed by atoms with Crippen molar-refractivity contribution in [2.24, 2.45) is 5.92 Å². The number of hydrogen-bond acceptors (Lipinski definition) is 5. The van der Waals surface area contributed by atoms with Crippen LogP contribution >= 0.6 is 0 Å². The molecule has 0 radical (unpaired) electrons. The Morgan fingerprint density at radius 2 is 1.74 bits per heavy atom. The van der Waals surface area contributed by atoms with Gasteiger partial charge >= 0.3 is 0 Å². The van der Waals surface area contributed by atoms with Gasteiger partial charge in [-0.05, 0) is 42.2 Å². The molecule has 0 bridgehead atoms. The van der Waals surface area contributed by atoms with Crippen molar-refractivity contribution in [1.82, 2.24) is 9.80 Å². The predicted molar refractivity (Wildman–Crippen MR) is 94.6 cm³/mol. The first-order chi connectivity index (χ1) is 13.2. The molecular formula is C20H20N2O5. The average Bonchev–Trinajstić information content (AvgIpc) is 3.09. The van der Waals surface area contributed by atoms with E-state index in [2.05, 4.69) is 0 Å². The fourth-order valence-electron chi connectivity index (χ4n) is 3.90. The molecule has 1 aliphatic carbocycles. The van der Waals surface area contributed by atoms with Crippen molar-refractivity contribution < 1.29 is 23.5 Å². The summed E-state index contributed by atoms with van der Waals surface area (Å²) in [6.07, 6.45) is 2.36. The maximum Gasteiger partial charge on any atom is 0.289 e. The summed E-state index contributed by atoms with van der Waals surface area (Å²) < 4.78 is 15.9. The van der Waals surface area contributed by atoms with Gasteiger partial charge in [-0.25, -0.2) is 0 Å². The number of furan rings is 1. The second-order valence-electron chi connectivity index (χ2n) is 7.16. The van der Waals surface area contributed by atoms with Gasteiger partial charge in [0.15, 0.2) is 17.3 Å². The van der Waals surface area contributed by atoms with Crippen LogP contribution in [0.4, 0.5) is 0 Å². The van der Waals surface area contributed by atoms with Crippen LogP contribution in [0.1, 0.15) is 28.5 Å². The summed E-state index contributed by atoms with van der Waals surface area (Å²) in [5.41, 5.74) is 1.13. The molecule has 5 rings (SSSR count). The van der Waals surface area contributed by atoms with Crippen molar-refractivity contribution in [1.29, 1.82) is 0 Å². The summed E-state index contributed by atoms with van der Waals surface area (Å²) in [5, 5.41) is 0. The minimum Gasteiger partial charge on any atom is -0.459 e. The molecule has 27 heavy (non-hydrogen) atoms. The van der Waals surface area contributed by atoms with E-state index in [9.17, 15) is 9.59 Å². The number of rotatable bonds is 3. The second kappa shape index (κ2) is 6.33. The highest BCUT2D eigenvalue weighted by Crippen LogP contribution is 2.50.